The Hall–Kier alpha value is -0.420. The predicted octanol–water partition coefficient (Wildman–Crippen LogP) is 3.51. The Labute approximate surface area is 87.3 Å². The Bertz CT molecular complexity index is 323. The second kappa shape index (κ2) is 4.00. The number of hydrogen-bond donors (Lipinski definition) is 1. The Morgan fingerprint density at radius 2 is 2.00 bits per heavy atom. The van der Waals surface area contributed by atoms with Crippen LogP contribution in [0.5, 0.6) is 0 Å². The van der Waals surface area contributed by atoms with Gasteiger partial charge in [-0.25, -0.2) is 0 Å². The van der Waals surface area contributed by atoms with Crippen molar-refractivity contribution in [1.82, 2.24) is 0 Å². The van der Waals surface area contributed by atoms with Crippen molar-refractivity contribution in [2.75, 3.05) is 12.8 Å². The molecule has 0 aliphatic heterocycles. The van der Waals surface area contributed by atoms with E-state index in [2.05, 4.69) is 42.1 Å². The third-order valence-electron chi connectivity index (χ3n) is 1.28. The Balaban J connectivity index is 3.27. The van der Waals surface area contributed by atoms with E-state index < -0.39 is 0 Å². The first kappa shape index (κ1) is 9.67. The fourth-order valence-electron chi connectivity index (χ4n) is 0.762. The highest BCUT2D eigenvalue weighted by Crippen LogP contribution is 2.33. The van der Waals surface area contributed by atoms with E-state index in [4.69, 9.17) is 5.73 Å². The van der Waals surface area contributed by atoms with Crippen LogP contribution in [0, 0.1) is 0 Å². The number of benzene rings is 1. The van der Waals surface area contributed by atoms with Gasteiger partial charge in [-0.05, 0) is 28.1 Å². The molecule has 0 amide bonds. The molecule has 12 heavy (non-hydrogen) atoms. The number of azo groups is 1. The van der Waals surface area contributed by atoms with E-state index in [9.17, 15) is 0 Å². The highest BCUT2D eigenvalue weighted by molar-refractivity contribution is 9.11. The second-order valence-electron chi connectivity index (χ2n) is 2.12. The zero-order chi connectivity index (χ0) is 9.14. The van der Waals surface area contributed by atoms with E-state index >= 15 is 0 Å². The molecule has 5 heteroatoms. The Kier molecular flexibility index (Phi) is 3.22. The molecule has 0 bridgehead atoms. The van der Waals surface area contributed by atoms with Gasteiger partial charge >= 0.3 is 0 Å². The van der Waals surface area contributed by atoms with Crippen LogP contribution < -0.4 is 5.73 Å². The summed E-state index contributed by atoms with van der Waals surface area (Å²) in [5, 5.41) is 7.52. The summed E-state index contributed by atoms with van der Waals surface area (Å²) in [6.07, 6.45) is 0. The van der Waals surface area contributed by atoms with Crippen molar-refractivity contribution >= 4 is 43.2 Å². The summed E-state index contributed by atoms with van der Waals surface area (Å²) < 4.78 is 1.74. The fraction of sp³-hybridized carbons (Fsp3) is 0.143. The zero-order valence-electron chi connectivity index (χ0n) is 6.38. The molecule has 1 aromatic rings. The summed E-state index contributed by atoms with van der Waals surface area (Å²) in [6, 6.07) is 3.68. The van der Waals surface area contributed by atoms with Gasteiger partial charge in [0.05, 0.1) is 5.69 Å². The lowest BCUT2D eigenvalue weighted by molar-refractivity contribution is 1.17. The van der Waals surface area contributed by atoms with Crippen molar-refractivity contribution in [3.8, 4) is 0 Å². The monoisotopic (exact) mass is 291 g/mol. The molecular weight excluding hydrogens is 286 g/mol. The van der Waals surface area contributed by atoms with Crippen LogP contribution in [0.25, 0.3) is 0 Å². The molecule has 0 aliphatic rings. The minimum absolute atomic E-state index is 0.601. The van der Waals surface area contributed by atoms with Crippen molar-refractivity contribution in [2.45, 2.75) is 0 Å². The van der Waals surface area contributed by atoms with Crippen LogP contribution in [0.4, 0.5) is 11.4 Å². The number of rotatable bonds is 1. The van der Waals surface area contributed by atoms with Gasteiger partial charge in [0.15, 0.2) is 0 Å². The van der Waals surface area contributed by atoms with E-state index in [1.807, 2.05) is 12.1 Å². The molecule has 0 saturated heterocycles. The van der Waals surface area contributed by atoms with E-state index in [-0.39, 0.29) is 0 Å². The number of nitrogen functional groups attached to an aromatic ring is 1. The van der Waals surface area contributed by atoms with Gasteiger partial charge in [-0.15, -0.1) is 0 Å². The molecule has 0 atom stereocenters. The van der Waals surface area contributed by atoms with Crippen LogP contribution in [-0.4, -0.2) is 7.05 Å². The lowest BCUT2D eigenvalue weighted by atomic mass is 10.3. The zero-order valence-corrected chi connectivity index (χ0v) is 9.55. The second-order valence-corrected chi connectivity index (χ2v) is 3.89. The molecule has 2 N–H and O–H groups in total. The van der Waals surface area contributed by atoms with Crippen LogP contribution in [0.15, 0.2) is 31.3 Å². The molecule has 64 valence electrons. The van der Waals surface area contributed by atoms with Crippen LogP contribution >= 0.6 is 31.9 Å². The third kappa shape index (κ3) is 2.04. The van der Waals surface area contributed by atoms with E-state index in [1.54, 1.807) is 7.05 Å². The first-order valence-corrected chi connectivity index (χ1v) is 4.78. The molecule has 1 aromatic carbocycles. The minimum Gasteiger partial charge on any atom is -0.396 e. The molecule has 0 saturated carbocycles. The average molecular weight is 293 g/mol. The van der Waals surface area contributed by atoms with Crippen LogP contribution in [0.1, 0.15) is 0 Å². The normalized spacial score (nSPS) is 10.9. The summed E-state index contributed by atoms with van der Waals surface area (Å²) in [5.41, 5.74) is 6.98. The standard InChI is InChI=1S/C7H7Br2N3/c1-11-12-6-3-4(8)2-5(9)7(6)10/h2-3H,10H2,1H3. The summed E-state index contributed by atoms with van der Waals surface area (Å²) in [5.74, 6) is 0. The van der Waals surface area contributed by atoms with Gasteiger partial charge in [0.1, 0.15) is 5.69 Å². The van der Waals surface area contributed by atoms with Crippen molar-refractivity contribution < 1.29 is 0 Å². The first-order valence-electron chi connectivity index (χ1n) is 3.19. The van der Waals surface area contributed by atoms with Crippen molar-refractivity contribution in [2.24, 2.45) is 10.2 Å². The molecular formula is C7H7Br2N3. The quantitative estimate of drug-likeness (QED) is 0.625. The molecule has 0 aromatic heterocycles. The van der Waals surface area contributed by atoms with Gasteiger partial charge in [0.25, 0.3) is 0 Å². The van der Waals surface area contributed by atoms with Crippen molar-refractivity contribution in [3.05, 3.63) is 21.1 Å². The van der Waals surface area contributed by atoms with Gasteiger partial charge in [-0.1, -0.05) is 15.9 Å². The lowest BCUT2D eigenvalue weighted by Crippen LogP contribution is -1.86. The van der Waals surface area contributed by atoms with Crippen molar-refractivity contribution in [1.29, 1.82) is 0 Å². The summed E-state index contributed by atoms with van der Waals surface area (Å²) in [7, 11) is 1.61. The highest BCUT2D eigenvalue weighted by atomic mass is 79.9. The minimum atomic E-state index is 0.601. The molecule has 0 unspecified atom stereocenters. The smallest absolute Gasteiger partial charge is 0.110 e. The highest BCUT2D eigenvalue weighted by Gasteiger charge is 2.03. The maximum absolute atomic E-state index is 5.72. The number of halogens is 2. The van der Waals surface area contributed by atoms with Crippen LogP contribution in [0.2, 0.25) is 0 Å². The lowest BCUT2D eigenvalue weighted by Gasteiger charge is -2.01. The first-order chi connectivity index (χ1) is 5.65. The molecule has 1 rings (SSSR count). The van der Waals surface area contributed by atoms with Crippen LogP contribution in [-0.2, 0) is 0 Å². The SMILES string of the molecule is CN=Nc1cc(Br)cc(Br)c1N. The maximum Gasteiger partial charge on any atom is 0.110 e. The van der Waals surface area contributed by atoms with Gasteiger partial charge in [0.2, 0.25) is 0 Å². The number of hydrogen-bond acceptors (Lipinski definition) is 3. The van der Waals surface area contributed by atoms with Gasteiger partial charge in [-0.3, -0.25) is 0 Å². The predicted molar refractivity (Wildman–Crippen MR) is 56.7 cm³/mol. The molecule has 0 aliphatic carbocycles. The number of anilines is 1. The molecule has 3 nitrogen and oxygen atoms in total. The van der Waals surface area contributed by atoms with E-state index in [0.29, 0.717) is 11.4 Å². The van der Waals surface area contributed by atoms with E-state index in [0.717, 1.165) is 8.95 Å². The molecule has 0 spiro atoms. The average Bonchev–Trinajstić information content (AvgIpc) is 2.00. The van der Waals surface area contributed by atoms with Gasteiger partial charge < -0.3 is 5.73 Å². The molecule has 0 fully saturated rings. The fourth-order valence-corrected chi connectivity index (χ4v) is 1.96. The largest absolute Gasteiger partial charge is 0.396 e. The number of nitrogens with two attached hydrogens (primary N) is 1. The van der Waals surface area contributed by atoms with Crippen molar-refractivity contribution in [3.63, 3.8) is 0 Å². The van der Waals surface area contributed by atoms with E-state index in [1.165, 1.54) is 0 Å². The molecule has 0 heterocycles. The Morgan fingerprint density at radius 1 is 1.33 bits per heavy atom. The summed E-state index contributed by atoms with van der Waals surface area (Å²) in [4.78, 5) is 0. The summed E-state index contributed by atoms with van der Waals surface area (Å²) >= 11 is 6.64. The maximum atomic E-state index is 5.72. The summed E-state index contributed by atoms with van der Waals surface area (Å²) in [6.45, 7) is 0. The number of nitrogens with zero attached hydrogens (tertiary/aromatic N) is 2. The Morgan fingerprint density at radius 3 is 2.58 bits per heavy atom. The third-order valence-corrected chi connectivity index (χ3v) is 2.39. The van der Waals surface area contributed by atoms with Crippen LogP contribution in [0.3, 0.4) is 0 Å². The van der Waals surface area contributed by atoms with Gasteiger partial charge in [0, 0.05) is 16.0 Å². The topological polar surface area (TPSA) is 50.7 Å². The molecule has 0 radical (unpaired) electrons. The van der Waals surface area contributed by atoms with Gasteiger partial charge in [-0.2, -0.15) is 10.2 Å².